The van der Waals surface area contributed by atoms with Crippen molar-refractivity contribution in [3.63, 3.8) is 0 Å². The SMILES string of the molecule is O=C(COc1ccccc1)OCC(=O)c1cccc(C(F)(F)F)c1. The Balaban J connectivity index is 1.85. The molecule has 0 radical (unpaired) electrons. The fourth-order valence-electron chi connectivity index (χ4n) is 1.80. The molecule has 0 bridgehead atoms. The molecule has 2 aromatic carbocycles. The molecule has 126 valence electrons. The number of ether oxygens (including phenoxy) is 2. The number of ketones is 1. The molecule has 0 fully saturated rings. The molecular formula is C17H13F3O4. The Hall–Kier alpha value is -2.83. The number of rotatable bonds is 6. The summed E-state index contributed by atoms with van der Waals surface area (Å²) in [6, 6.07) is 12.4. The highest BCUT2D eigenvalue weighted by atomic mass is 19.4. The lowest BCUT2D eigenvalue weighted by molar-refractivity contribution is -0.145. The number of hydrogen-bond donors (Lipinski definition) is 0. The van der Waals surface area contributed by atoms with E-state index in [1.807, 2.05) is 0 Å². The molecule has 2 rings (SSSR count). The van der Waals surface area contributed by atoms with Crippen molar-refractivity contribution in [1.82, 2.24) is 0 Å². The van der Waals surface area contributed by atoms with Crippen LogP contribution in [-0.4, -0.2) is 25.0 Å². The van der Waals surface area contributed by atoms with E-state index < -0.39 is 36.7 Å². The van der Waals surface area contributed by atoms with Gasteiger partial charge >= 0.3 is 12.1 Å². The maximum atomic E-state index is 12.6. The van der Waals surface area contributed by atoms with Gasteiger partial charge in [0.05, 0.1) is 5.56 Å². The van der Waals surface area contributed by atoms with Gasteiger partial charge in [0.25, 0.3) is 0 Å². The Morgan fingerprint density at radius 3 is 2.29 bits per heavy atom. The fourth-order valence-corrected chi connectivity index (χ4v) is 1.80. The van der Waals surface area contributed by atoms with Crippen LogP contribution in [0.25, 0.3) is 0 Å². The predicted molar refractivity (Wildman–Crippen MR) is 78.7 cm³/mol. The van der Waals surface area contributed by atoms with Gasteiger partial charge in [-0.2, -0.15) is 13.2 Å². The van der Waals surface area contributed by atoms with Crippen molar-refractivity contribution >= 4 is 11.8 Å². The van der Waals surface area contributed by atoms with E-state index in [0.717, 1.165) is 18.2 Å². The van der Waals surface area contributed by atoms with Gasteiger partial charge in [-0.25, -0.2) is 4.79 Å². The lowest BCUT2D eigenvalue weighted by atomic mass is 10.1. The number of alkyl halides is 3. The first-order valence-corrected chi connectivity index (χ1v) is 6.90. The van der Waals surface area contributed by atoms with E-state index >= 15 is 0 Å². The molecule has 0 aromatic heterocycles. The smallest absolute Gasteiger partial charge is 0.416 e. The van der Waals surface area contributed by atoms with Gasteiger partial charge in [-0.05, 0) is 24.3 Å². The van der Waals surface area contributed by atoms with Crippen LogP contribution in [0.3, 0.4) is 0 Å². The molecule has 0 spiro atoms. The minimum absolute atomic E-state index is 0.179. The number of Topliss-reactive ketones (excluding diaryl/α,β-unsaturated/α-hetero) is 1. The lowest BCUT2D eigenvalue weighted by Crippen LogP contribution is -2.19. The second kappa shape index (κ2) is 7.63. The Morgan fingerprint density at radius 2 is 1.62 bits per heavy atom. The molecule has 0 aliphatic carbocycles. The highest BCUT2D eigenvalue weighted by molar-refractivity contribution is 5.98. The van der Waals surface area contributed by atoms with Crippen LogP contribution in [0.1, 0.15) is 15.9 Å². The van der Waals surface area contributed by atoms with Crippen molar-refractivity contribution in [2.75, 3.05) is 13.2 Å². The van der Waals surface area contributed by atoms with Gasteiger partial charge in [-0.1, -0.05) is 30.3 Å². The summed E-state index contributed by atoms with van der Waals surface area (Å²) in [7, 11) is 0. The van der Waals surface area contributed by atoms with E-state index in [1.54, 1.807) is 30.3 Å². The Morgan fingerprint density at radius 1 is 0.917 bits per heavy atom. The van der Waals surface area contributed by atoms with E-state index in [-0.39, 0.29) is 5.56 Å². The standard InChI is InChI=1S/C17H13F3O4/c18-17(19,20)13-6-4-5-12(9-13)15(21)10-24-16(22)11-23-14-7-2-1-3-8-14/h1-9H,10-11H2. The monoisotopic (exact) mass is 338 g/mol. The molecule has 0 aliphatic rings. The zero-order chi connectivity index (χ0) is 17.6. The first-order valence-electron chi connectivity index (χ1n) is 6.90. The predicted octanol–water partition coefficient (Wildman–Crippen LogP) is 3.51. The maximum Gasteiger partial charge on any atom is 0.416 e. The lowest BCUT2D eigenvalue weighted by Gasteiger charge is -2.09. The molecule has 0 heterocycles. The van der Waals surface area contributed by atoms with Crippen molar-refractivity contribution in [3.8, 4) is 5.75 Å². The summed E-state index contributed by atoms with van der Waals surface area (Å²) in [6.07, 6.45) is -4.55. The first kappa shape index (κ1) is 17.5. The molecule has 4 nitrogen and oxygen atoms in total. The van der Waals surface area contributed by atoms with Crippen LogP contribution >= 0.6 is 0 Å². The molecule has 0 unspecified atom stereocenters. The summed E-state index contributed by atoms with van der Waals surface area (Å²) in [5.74, 6) is -1.06. The minimum atomic E-state index is -4.55. The molecule has 0 N–H and O–H groups in total. The average molecular weight is 338 g/mol. The number of benzene rings is 2. The molecule has 0 amide bonds. The second-order valence-electron chi connectivity index (χ2n) is 4.76. The summed E-state index contributed by atoms with van der Waals surface area (Å²) in [6.45, 7) is -1.06. The summed E-state index contributed by atoms with van der Waals surface area (Å²) >= 11 is 0. The molecule has 24 heavy (non-hydrogen) atoms. The molecular weight excluding hydrogens is 325 g/mol. The van der Waals surface area contributed by atoms with Gasteiger partial charge < -0.3 is 9.47 Å². The van der Waals surface area contributed by atoms with Crippen molar-refractivity contribution in [3.05, 3.63) is 65.7 Å². The van der Waals surface area contributed by atoms with Crippen LogP contribution in [0, 0.1) is 0 Å². The average Bonchev–Trinajstić information content (AvgIpc) is 2.58. The van der Waals surface area contributed by atoms with Gasteiger partial charge in [-0.3, -0.25) is 4.79 Å². The van der Waals surface area contributed by atoms with E-state index in [2.05, 4.69) is 0 Å². The van der Waals surface area contributed by atoms with E-state index in [0.29, 0.717) is 5.75 Å². The van der Waals surface area contributed by atoms with Gasteiger partial charge in [0.15, 0.2) is 19.0 Å². The Labute approximate surface area is 135 Å². The maximum absolute atomic E-state index is 12.6. The normalized spacial score (nSPS) is 11.0. The highest BCUT2D eigenvalue weighted by Gasteiger charge is 2.30. The van der Waals surface area contributed by atoms with Crippen LogP contribution < -0.4 is 4.74 Å². The summed E-state index contributed by atoms with van der Waals surface area (Å²) in [5.41, 5.74) is -1.12. The van der Waals surface area contributed by atoms with E-state index in [9.17, 15) is 22.8 Å². The molecule has 0 atom stereocenters. The van der Waals surface area contributed by atoms with Crippen LogP contribution in [0.2, 0.25) is 0 Å². The molecule has 0 saturated carbocycles. The minimum Gasteiger partial charge on any atom is -0.482 e. The third kappa shape index (κ3) is 5.12. The zero-order valence-corrected chi connectivity index (χ0v) is 12.4. The van der Waals surface area contributed by atoms with Gasteiger partial charge in [0.1, 0.15) is 5.75 Å². The number of carbonyl (C=O) groups excluding carboxylic acids is 2. The topological polar surface area (TPSA) is 52.6 Å². The van der Waals surface area contributed by atoms with Crippen molar-refractivity contribution in [2.24, 2.45) is 0 Å². The summed E-state index contributed by atoms with van der Waals surface area (Å²) in [4.78, 5) is 23.3. The van der Waals surface area contributed by atoms with Gasteiger partial charge in [-0.15, -0.1) is 0 Å². The van der Waals surface area contributed by atoms with Crippen LogP contribution in [0.5, 0.6) is 5.75 Å². The number of hydrogen-bond acceptors (Lipinski definition) is 4. The third-order valence-electron chi connectivity index (χ3n) is 2.98. The van der Waals surface area contributed by atoms with Crippen molar-refractivity contribution in [2.45, 2.75) is 6.18 Å². The van der Waals surface area contributed by atoms with Crippen LogP contribution in [0.4, 0.5) is 13.2 Å². The van der Waals surface area contributed by atoms with E-state index in [4.69, 9.17) is 9.47 Å². The summed E-state index contributed by atoms with van der Waals surface area (Å²) < 4.78 is 47.6. The summed E-state index contributed by atoms with van der Waals surface area (Å²) in [5, 5.41) is 0. The highest BCUT2D eigenvalue weighted by Crippen LogP contribution is 2.29. The largest absolute Gasteiger partial charge is 0.482 e. The zero-order valence-electron chi connectivity index (χ0n) is 12.4. The number of carbonyl (C=O) groups is 2. The third-order valence-corrected chi connectivity index (χ3v) is 2.98. The number of esters is 1. The second-order valence-corrected chi connectivity index (χ2v) is 4.76. The quantitative estimate of drug-likeness (QED) is 0.597. The Kier molecular flexibility index (Phi) is 5.57. The Bertz CT molecular complexity index is 711. The van der Waals surface area contributed by atoms with Gasteiger partial charge in [0.2, 0.25) is 0 Å². The van der Waals surface area contributed by atoms with E-state index in [1.165, 1.54) is 6.07 Å². The fraction of sp³-hybridized carbons (Fsp3) is 0.176. The van der Waals surface area contributed by atoms with Crippen LogP contribution in [-0.2, 0) is 15.7 Å². The number of para-hydroxylation sites is 1. The molecule has 0 saturated heterocycles. The first-order chi connectivity index (χ1) is 11.4. The molecule has 0 aliphatic heterocycles. The van der Waals surface area contributed by atoms with Crippen molar-refractivity contribution < 1.29 is 32.2 Å². The molecule has 2 aromatic rings. The molecule has 7 heteroatoms. The number of halogens is 3. The van der Waals surface area contributed by atoms with Gasteiger partial charge in [0, 0.05) is 5.56 Å². The van der Waals surface area contributed by atoms with Crippen LogP contribution in [0.15, 0.2) is 54.6 Å². The van der Waals surface area contributed by atoms with Crippen molar-refractivity contribution in [1.29, 1.82) is 0 Å².